The SMILES string of the molecule is CCN(c1sc([C@H](C)O)cc1[N+](=O)[O-])C1CCCC1. The number of aliphatic hydroxyl groups excluding tert-OH is 1. The third-order valence-electron chi connectivity index (χ3n) is 3.69. The molecule has 1 aliphatic carbocycles. The van der Waals surface area contributed by atoms with E-state index >= 15 is 0 Å². The molecule has 0 amide bonds. The molecule has 0 aliphatic heterocycles. The maximum atomic E-state index is 11.2. The van der Waals surface area contributed by atoms with Gasteiger partial charge in [0.25, 0.3) is 0 Å². The Labute approximate surface area is 117 Å². The van der Waals surface area contributed by atoms with E-state index in [1.54, 1.807) is 6.92 Å². The second-order valence-corrected chi connectivity index (χ2v) is 6.06. The zero-order valence-corrected chi connectivity index (χ0v) is 12.2. The maximum Gasteiger partial charge on any atom is 0.304 e. The first-order chi connectivity index (χ1) is 9.04. The summed E-state index contributed by atoms with van der Waals surface area (Å²) < 4.78 is 0. The fraction of sp³-hybridized carbons (Fsp3) is 0.692. The highest BCUT2D eigenvalue weighted by molar-refractivity contribution is 7.16. The molecular formula is C13H20N2O3S. The number of aliphatic hydroxyl groups is 1. The van der Waals surface area contributed by atoms with Gasteiger partial charge in [-0.3, -0.25) is 10.1 Å². The van der Waals surface area contributed by atoms with E-state index < -0.39 is 6.10 Å². The Morgan fingerprint density at radius 2 is 2.21 bits per heavy atom. The number of hydrogen-bond donors (Lipinski definition) is 1. The van der Waals surface area contributed by atoms with Gasteiger partial charge in [0.1, 0.15) is 0 Å². The van der Waals surface area contributed by atoms with E-state index in [0.29, 0.717) is 15.9 Å². The average molecular weight is 284 g/mol. The molecule has 5 nitrogen and oxygen atoms in total. The monoisotopic (exact) mass is 284 g/mol. The molecule has 1 heterocycles. The second kappa shape index (κ2) is 5.88. The summed E-state index contributed by atoms with van der Waals surface area (Å²) in [5, 5.41) is 21.5. The zero-order valence-electron chi connectivity index (χ0n) is 11.3. The van der Waals surface area contributed by atoms with Crippen molar-refractivity contribution in [2.45, 2.75) is 51.7 Å². The molecule has 1 atom stereocenters. The van der Waals surface area contributed by atoms with E-state index in [1.807, 2.05) is 6.92 Å². The number of anilines is 1. The highest BCUT2D eigenvalue weighted by Gasteiger charge is 2.30. The normalized spacial score (nSPS) is 17.6. The van der Waals surface area contributed by atoms with Gasteiger partial charge in [0.15, 0.2) is 5.00 Å². The molecular weight excluding hydrogens is 264 g/mol. The summed E-state index contributed by atoms with van der Waals surface area (Å²) in [6, 6.07) is 1.92. The Kier molecular flexibility index (Phi) is 4.42. The Hall–Kier alpha value is -1.14. The van der Waals surface area contributed by atoms with Crippen molar-refractivity contribution in [2.75, 3.05) is 11.4 Å². The average Bonchev–Trinajstić information content (AvgIpc) is 2.98. The predicted molar refractivity (Wildman–Crippen MR) is 76.9 cm³/mol. The molecule has 106 valence electrons. The van der Waals surface area contributed by atoms with Crippen LogP contribution in [0.15, 0.2) is 6.07 Å². The zero-order chi connectivity index (χ0) is 14.0. The third kappa shape index (κ3) is 2.90. The van der Waals surface area contributed by atoms with Crippen molar-refractivity contribution in [2.24, 2.45) is 0 Å². The van der Waals surface area contributed by atoms with E-state index in [-0.39, 0.29) is 10.6 Å². The predicted octanol–water partition coefficient (Wildman–Crippen LogP) is 3.48. The van der Waals surface area contributed by atoms with Crippen LogP contribution in [-0.4, -0.2) is 22.6 Å². The van der Waals surface area contributed by atoms with Crippen LogP contribution in [0.3, 0.4) is 0 Å². The lowest BCUT2D eigenvalue weighted by atomic mass is 10.2. The van der Waals surface area contributed by atoms with E-state index in [1.165, 1.54) is 30.2 Å². The minimum Gasteiger partial charge on any atom is -0.388 e. The van der Waals surface area contributed by atoms with Gasteiger partial charge in [-0.15, -0.1) is 11.3 Å². The number of nitro groups is 1. The Morgan fingerprint density at radius 3 is 2.68 bits per heavy atom. The van der Waals surface area contributed by atoms with Crippen LogP contribution in [0.1, 0.15) is 50.5 Å². The molecule has 0 saturated heterocycles. The van der Waals surface area contributed by atoms with Crippen LogP contribution in [0.2, 0.25) is 0 Å². The van der Waals surface area contributed by atoms with Crippen molar-refractivity contribution in [1.82, 2.24) is 0 Å². The largest absolute Gasteiger partial charge is 0.388 e. The lowest BCUT2D eigenvalue weighted by molar-refractivity contribution is -0.383. The highest BCUT2D eigenvalue weighted by Crippen LogP contribution is 2.42. The van der Waals surface area contributed by atoms with Crippen LogP contribution in [0.5, 0.6) is 0 Å². The standard InChI is InChI=1S/C13H20N2O3S/c1-3-14(10-6-4-5-7-10)13-11(15(17)18)8-12(19-13)9(2)16/h8-10,16H,3-7H2,1-2H3/t9-/m0/s1. The van der Waals surface area contributed by atoms with Gasteiger partial charge in [-0.25, -0.2) is 0 Å². The summed E-state index contributed by atoms with van der Waals surface area (Å²) in [5.74, 6) is 0. The first-order valence-electron chi connectivity index (χ1n) is 6.77. The molecule has 1 aromatic rings. The molecule has 19 heavy (non-hydrogen) atoms. The number of hydrogen-bond acceptors (Lipinski definition) is 5. The Balaban J connectivity index is 2.37. The van der Waals surface area contributed by atoms with Gasteiger partial charge in [-0.2, -0.15) is 0 Å². The summed E-state index contributed by atoms with van der Waals surface area (Å²) in [6.45, 7) is 4.44. The van der Waals surface area contributed by atoms with E-state index in [0.717, 1.165) is 19.4 Å². The molecule has 1 N–H and O–H groups in total. The lowest BCUT2D eigenvalue weighted by Crippen LogP contribution is -2.32. The van der Waals surface area contributed by atoms with Crippen LogP contribution in [0.25, 0.3) is 0 Å². The first-order valence-corrected chi connectivity index (χ1v) is 7.59. The molecule has 0 radical (unpaired) electrons. The maximum absolute atomic E-state index is 11.2. The molecule has 2 rings (SSSR count). The molecule has 1 saturated carbocycles. The fourth-order valence-corrected chi connectivity index (χ4v) is 3.91. The van der Waals surface area contributed by atoms with Crippen molar-refractivity contribution in [3.8, 4) is 0 Å². The molecule has 0 bridgehead atoms. The van der Waals surface area contributed by atoms with Gasteiger partial charge >= 0.3 is 5.69 Å². The van der Waals surface area contributed by atoms with Gasteiger partial charge < -0.3 is 10.0 Å². The van der Waals surface area contributed by atoms with E-state index in [9.17, 15) is 15.2 Å². The van der Waals surface area contributed by atoms with Crippen LogP contribution >= 0.6 is 11.3 Å². The van der Waals surface area contributed by atoms with E-state index in [2.05, 4.69) is 4.90 Å². The van der Waals surface area contributed by atoms with Gasteiger partial charge in [0.2, 0.25) is 0 Å². The number of nitrogens with zero attached hydrogens (tertiary/aromatic N) is 2. The third-order valence-corrected chi connectivity index (χ3v) is 5.02. The molecule has 0 aromatic carbocycles. The number of thiophene rings is 1. The molecule has 0 spiro atoms. The van der Waals surface area contributed by atoms with Gasteiger partial charge in [-0.1, -0.05) is 12.8 Å². The van der Waals surface area contributed by atoms with Crippen molar-refractivity contribution >= 4 is 22.0 Å². The summed E-state index contributed by atoms with van der Waals surface area (Å²) in [4.78, 5) is 13.7. The molecule has 6 heteroatoms. The van der Waals surface area contributed by atoms with Gasteiger partial charge in [0.05, 0.1) is 11.0 Å². The molecule has 0 unspecified atom stereocenters. The topological polar surface area (TPSA) is 66.6 Å². The van der Waals surface area contributed by atoms with Crippen LogP contribution in [0, 0.1) is 10.1 Å². The van der Waals surface area contributed by atoms with Gasteiger partial charge in [-0.05, 0) is 26.7 Å². The minimum absolute atomic E-state index is 0.134. The summed E-state index contributed by atoms with van der Waals surface area (Å²) >= 11 is 1.35. The van der Waals surface area contributed by atoms with Crippen LogP contribution in [-0.2, 0) is 0 Å². The van der Waals surface area contributed by atoms with Crippen LogP contribution in [0.4, 0.5) is 10.7 Å². The minimum atomic E-state index is -0.653. The fourth-order valence-electron chi connectivity index (χ4n) is 2.72. The molecule has 1 aromatic heterocycles. The summed E-state index contributed by atoms with van der Waals surface area (Å²) in [7, 11) is 0. The molecule has 1 aliphatic rings. The van der Waals surface area contributed by atoms with E-state index in [4.69, 9.17) is 0 Å². The second-order valence-electron chi connectivity index (χ2n) is 5.00. The number of rotatable bonds is 5. The van der Waals surface area contributed by atoms with Gasteiger partial charge in [0, 0.05) is 23.5 Å². The van der Waals surface area contributed by atoms with Crippen molar-refractivity contribution in [1.29, 1.82) is 0 Å². The lowest BCUT2D eigenvalue weighted by Gasteiger charge is -2.27. The van der Waals surface area contributed by atoms with Crippen LogP contribution < -0.4 is 4.90 Å². The van der Waals surface area contributed by atoms with Crippen molar-refractivity contribution in [3.63, 3.8) is 0 Å². The quantitative estimate of drug-likeness (QED) is 0.664. The Morgan fingerprint density at radius 1 is 1.58 bits per heavy atom. The molecule has 1 fully saturated rings. The summed E-state index contributed by atoms with van der Waals surface area (Å²) in [6.07, 6.45) is 3.95. The van der Waals surface area contributed by atoms with Crippen molar-refractivity contribution < 1.29 is 10.0 Å². The smallest absolute Gasteiger partial charge is 0.304 e. The first kappa shape index (κ1) is 14.3. The Bertz CT molecular complexity index is 453. The summed E-state index contributed by atoms with van der Waals surface area (Å²) in [5.41, 5.74) is 0.134. The highest BCUT2D eigenvalue weighted by atomic mass is 32.1. The van der Waals surface area contributed by atoms with Crippen molar-refractivity contribution in [3.05, 3.63) is 21.1 Å².